The van der Waals surface area contributed by atoms with E-state index in [0.717, 1.165) is 24.3 Å². The molecule has 98 valence electrons. The molecule has 0 radical (unpaired) electrons. The van der Waals surface area contributed by atoms with E-state index < -0.39 is 0 Å². The summed E-state index contributed by atoms with van der Waals surface area (Å²) in [4.78, 5) is 11.9. The minimum atomic E-state index is 0.111. The number of carbonyl (C=O) groups is 1. The number of amides is 1. The van der Waals surface area contributed by atoms with Crippen LogP contribution in [0, 0.1) is 5.92 Å². The highest BCUT2D eigenvalue weighted by molar-refractivity contribution is 5.79. The van der Waals surface area contributed by atoms with Crippen molar-refractivity contribution in [2.24, 2.45) is 5.92 Å². The summed E-state index contributed by atoms with van der Waals surface area (Å²) in [6.45, 7) is 2.26. The molecule has 0 spiro atoms. The summed E-state index contributed by atoms with van der Waals surface area (Å²) in [5.74, 6) is 0.844. The van der Waals surface area contributed by atoms with Crippen molar-refractivity contribution in [1.29, 1.82) is 0 Å². The first-order valence-corrected chi connectivity index (χ1v) is 6.77. The first kappa shape index (κ1) is 12.9. The minimum absolute atomic E-state index is 0.111. The molecule has 18 heavy (non-hydrogen) atoms. The molecular formula is C15H22N2O. The van der Waals surface area contributed by atoms with Crippen LogP contribution in [0.4, 0.5) is 5.69 Å². The Balaban J connectivity index is 1.85. The minimum Gasteiger partial charge on any atom is -0.399 e. The second-order valence-corrected chi connectivity index (χ2v) is 5.46. The lowest BCUT2D eigenvalue weighted by atomic mass is 9.87. The molecule has 1 fully saturated rings. The smallest absolute Gasteiger partial charge is 0.224 e. The van der Waals surface area contributed by atoms with Crippen molar-refractivity contribution in [3.8, 4) is 0 Å². The Morgan fingerprint density at radius 1 is 1.44 bits per heavy atom. The molecule has 2 rings (SSSR count). The van der Waals surface area contributed by atoms with E-state index in [1.807, 2.05) is 24.3 Å². The van der Waals surface area contributed by atoms with E-state index in [9.17, 15) is 4.79 Å². The highest BCUT2D eigenvalue weighted by Gasteiger charge is 2.20. The molecule has 0 heterocycles. The topological polar surface area (TPSA) is 55.1 Å². The van der Waals surface area contributed by atoms with Gasteiger partial charge in [0, 0.05) is 11.7 Å². The van der Waals surface area contributed by atoms with Crippen LogP contribution in [0.15, 0.2) is 24.3 Å². The van der Waals surface area contributed by atoms with Gasteiger partial charge in [0.05, 0.1) is 6.42 Å². The van der Waals surface area contributed by atoms with Gasteiger partial charge in [-0.2, -0.15) is 0 Å². The van der Waals surface area contributed by atoms with Gasteiger partial charge in [-0.1, -0.05) is 31.9 Å². The van der Waals surface area contributed by atoms with E-state index in [-0.39, 0.29) is 5.91 Å². The monoisotopic (exact) mass is 246 g/mol. The van der Waals surface area contributed by atoms with Gasteiger partial charge < -0.3 is 11.1 Å². The van der Waals surface area contributed by atoms with Gasteiger partial charge in [-0.25, -0.2) is 0 Å². The maximum atomic E-state index is 11.9. The normalized spacial score (nSPS) is 23.6. The van der Waals surface area contributed by atoms with Crippen LogP contribution in [0.25, 0.3) is 0 Å². The lowest BCUT2D eigenvalue weighted by Crippen LogP contribution is -2.38. The van der Waals surface area contributed by atoms with Crippen LogP contribution in [0.5, 0.6) is 0 Å². The zero-order valence-electron chi connectivity index (χ0n) is 11.0. The number of nitrogens with two attached hydrogens (primary N) is 1. The maximum absolute atomic E-state index is 11.9. The van der Waals surface area contributed by atoms with Crippen molar-refractivity contribution in [3.05, 3.63) is 29.8 Å². The second-order valence-electron chi connectivity index (χ2n) is 5.46. The number of hydrogen-bond donors (Lipinski definition) is 2. The number of carbonyl (C=O) groups excluding carboxylic acids is 1. The average Bonchev–Trinajstić information content (AvgIpc) is 2.28. The molecule has 1 aliphatic rings. The summed E-state index contributed by atoms with van der Waals surface area (Å²) in [5, 5.41) is 3.14. The fraction of sp³-hybridized carbons (Fsp3) is 0.533. The van der Waals surface area contributed by atoms with Crippen molar-refractivity contribution >= 4 is 11.6 Å². The van der Waals surface area contributed by atoms with Crippen molar-refractivity contribution < 1.29 is 4.79 Å². The van der Waals surface area contributed by atoms with Gasteiger partial charge in [-0.3, -0.25) is 4.79 Å². The number of nitrogen functional groups attached to an aromatic ring is 1. The Kier molecular flexibility index (Phi) is 4.24. The predicted octanol–water partition coefficient (Wildman–Crippen LogP) is 2.51. The molecule has 1 aromatic rings. The van der Waals surface area contributed by atoms with Gasteiger partial charge in [-0.05, 0) is 36.5 Å². The van der Waals surface area contributed by atoms with Crippen molar-refractivity contribution in [3.63, 3.8) is 0 Å². The molecule has 3 heteroatoms. The van der Waals surface area contributed by atoms with Crippen LogP contribution >= 0.6 is 0 Å². The number of anilines is 1. The van der Waals surface area contributed by atoms with Crippen LogP contribution < -0.4 is 11.1 Å². The zero-order chi connectivity index (χ0) is 13.0. The molecule has 1 aliphatic carbocycles. The Morgan fingerprint density at radius 3 is 3.00 bits per heavy atom. The number of hydrogen-bond acceptors (Lipinski definition) is 2. The van der Waals surface area contributed by atoms with Crippen LogP contribution in [-0.2, 0) is 11.2 Å². The molecular weight excluding hydrogens is 224 g/mol. The zero-order valence-corrected chi connectivity index (χ0v) is 11.0. The Bertz CT molecular complexity index is 417. The molecule has 0 bridgehead atoms. The number of benzene rings is 1. The number of rotatable bonds is 3. The molecule has 0 unspecified atom stereocenters. The fourth-order valence-electron chi connectivity index (χ4n) is 2.73. The molecule has 0 saturated heterocycles. The first-order chi connectivity index (χ1) is 8.63. The quantitative estimate of drug-likeness (QED) is 0.805. The largest absolute Gasteiger partial charge is 0.399 e. The van der Waals surface area contributed by atoms with E-state index in [1.54, 1.807) is 0 Å². The van der Waals surface area contributed by atoms with Gasteiger partial charge in [0.25, 0.3) is 0 Å². The van der Waals surface area contributed by atoms with E-state index in [1.165, 1.54) is 12.8 Å². The highest BCUT2D eigenvalue weighted by atomic mass is 16.1. The van der Waals surface area contributed by atoms with Gasteiger partial charge in [0.2, 0.25) is 5.91 Å². The summed E-state index contributed by atoms with van der Waals surface area (Å²) >= 11 is 0. The lowest BCUT2D eigenvalue weighted by molar-refractivity contribution is -0.121. The number of nitrogens with one attached hydrogen (secondary N) is 1. The van der Waals surface area contributed by atoms with Gasteiger partial charge >= 0.3 is 0 Å². The third-order valence-electron chi connectivity index (χ3n) is 3.62. The van der Waals surface area contributed by atoms with Crippen LogP contribution in [0.1, 0.15) is 38.2 Å². The molecule has 3 N–H and O–H groups in total. The SMILES string of the molecule is C[C@@H]1CCC[C@@H](NC(=O)Cc2cccc(N)c2)C1. The third-order valence-corrected chi connectivity index (χ3v) is 3.62. The van der Waals surface area contributed by atoms with Crippen LogP contribution in [0.3, 0.4) is 0 Å². The molecule has 1 saturated carbocycles. The summed E-state index contributed by atoms with van der Waals surface area (Å²) in [5.41, 5.74) is 7.40. The molecule has 0 aromatic heterocycles. The fourth-order valence-corrected chi connectivity index (χ4v) is 2.73. The molecule has 1 amide bonds. The average molecular weight is 246 g/mol. The van der Waals surface area contributed by atoms with E-state index in [0.29, 0.717) is 18.2 Å². The lowest BCUT2D eigenvalue weighted by Gasteiger charge is -2.27. The first-order valence-electron chi connectivity index (χ1n) is 6.77. The summed E-state index contributed by atoms with van der Waals surface area (Å²) in [7, 11) is 0. The van der Waals surface area contributed by atoms with Crippen molar-refractivity contribution in [2.75, 3.05) is 5.73 Å². The highest BCUT2D eigenvalue weighted by Crippen LogP contribution is 2.23. The van der Waals surface area contributed by atoms with E-state index in [4.69, 9.17) is 5.73 Å². The Labute approximate surface area is 109 Å². The van der Waals surface area contributed by atoms with Crippen molar-refractivity contribution in [1.82, 2.24) is 5.32 Å². The third kappa shape index (κ3) is 3.76. The van der Waals surface area contributed by atoms with Crippen molar-refractivity contribution in [2.45, 2.75) is 45.1 Å². The second kappa shape index (κ2) is 5.89. The maximum Gasteiger partial charge on any atom is 0.224 e. The summed E-state index contributed by atoms with van der Waals surface area (Å²) in [6, 6.07) is 7.90. The van der Waals surface area contributed by atoms with E-state index in [2.05, 4.69) is 12.2 Å². The van der Waals surface area contributed by atoms with Crippen LogP contribution in [-0.4, -0.2) is 11.9 Å². The Hall–Kier alpha value is -1.51. The van der Waals surface area contributed by atoms with Crippen LogP contribution in [0.2, 0.25) is 0 Å². The molecule has 3 nitrogen and oxygen atoms in total. The van der Waals surface area contributed by atoms with Gasteiger partial charge in [0.1, 0.15) is 0 Å². The predicted molar refractivity (Wildman–Crippen MR) is 74.1 cm³/mol. The molecule has 2 atom stereocenters. The van der Waals surface area contributed by atoms with Gasteiger partial charge in [-0.15, -0.1) is 0 Å². The molecule has 1 aromatic carbocycles. The standard InChI is InChI=1S/C15H22N2O/c1-11-4-2-7-14(8-11)17-15(18)10-12-5-3-6-13(16)9-12/h3,5-6,9,11,14H,2,4,7-8,10,16H2,1H3,(H,17,18)/t11-,14-/m1/s1. The van der Waals surface area contributed by atoms with E-state index >= 15 is 0 Å². The summed E-state index contributed by atoms with van der Waals surface area (Å²) in [6.07, 6.45) is 5.18. The summed E-state index contributed by atoms with van der Waals surface area (Å²) < 4.78 is 0. The Morgan fingerprint density at radius 2 is 2.28 bits per heavy atom. The molecule has 0 aliphatic heterocycles. The van der Waals surface area contributed by atoms with Gasteiger partial charge in [0.15, 0.2) is 0 Å².